The largest absolute Gasteiger partial charge is 0.426 e. The summed E-state index contributed by atoms with van der Waals surface area (Å²) in [6.07, 6.45) is 19.1. The first kappa shape index (κ1) is 28.5. The second-order valence-corrected chi connectivity index (χ2v) is 11.9. The molecule has 0 radical (unpaired) electrons. The molecule has 2 aromatic rings. The van der Waals surface area contributed by atoms with Crippen molar-refractivity contribution < 1.29 is 9.53 Å². The first-order chi connectivity index (χ1) is 18.6. The van der Waals surface area contributed by atoms with Crippen LogP contribution in [0.2, 0.25) is 0 Å². The van der Waals surface area contributed by atoms with Gasteiger partial charge in [-0.2, -0.15) is 0 Å². The van der Waals surface area contributed by atoms with Gasteiger partial charge in [-0.25, -0.2) is 0 Å². The highest BCUT2D eigenvalue weighted by atomic mass is 16.5. The molecule has 2 nitrogen and oxygen atoms in total. The second-order valence-electron chi connectivity index (χ2n) is 11.9. The Morgan fingerprint density at radius 1 is 0.684 bits per heavy atom. The summed E-state index contributed by atoms with van der Waals surface area (Å²) in [6.45, 7) is 4.56. The quantitative estimate of drug-likeness (QED) is 0.137. The molecule has 38 heavy (non-hydrogen) atoms. The van der Waals surface area contributed by atoms with Gasteiger partial charge in [0.05, 0.1) is 5.92 Å². The van der Waals surface area contributed by atoms with E-state index in [0.29, 0.717) is 11.7 Å². The van der Waals surface area contributed by atoms with Crippen LogP contribution >= 0.6 is 0 Å². The van der Waals surface area contributed by atoms with E-state index in [-0.39, 0.29) is 11.9 Å². The number of rotatable bonds is 10. The molecule has 2 heteroatoms. The van der Waals surface area contributed by atoms with Gasteiger partial charge in [-0.05, 0) is 111 Å². The van der Waals surface area contributed by atoms with Crippen molar-refractivity contribution >= 4 is 5.97 Å². The van der Waals surface area contributed by atoms with Crippen molar-refractivity contribution in [3.63, 3.8) is 0 Å². The van der Waals surface area contributed by atoms with Gasteiger partial charge in [0.1, 0.15) is 5.75 Å². The third-order valence-corrected chi connectivity index (χ3v) is 9.00. The maximum absolute atomic E-state index is 12.7. The first-order valence-electron chi connectivity index (χ1n) is 15.6. The molecular weight excluding hydrogens is 464 g/mol. The number of benzene rings is 2. The van der Waals surface area contributed by atoms with E-state index >= 15 is 0 Å². The van der Waals surface area contributed by atoms with Gasteiger partial charge in [-0.1, -0.05) is 82.8 Å². The van der Waals surface area contributed by atoms with E-state index in [1.54, 1.807) is 0 Å². The van der Waals surface area contributed by atoms with Crippen molar-refractivity contribution in [3.8, 4) is 17.6 Å². The summed E-state index contributed by atoms with van der Waals surface area (Å²) in [4.78, 5) is 12.7. The third kappa shape index (κ3) is 8.76. The molecule has 0 atom stereocenters. The molecule has 0 aromatic heterocycles. The molecule has 0 bridgehead atoms. The van der Waals surface area contributed by atoms with Gasteiger partial charge < -0.3 is 4.74 Å². The number of unbranched alkanes of at least 4 members (excludes halogenated alkanes) is 3. The number of esters is 1. The molecule has 0 aliphatic heterocycles. The van der Waals surface area contributed by atoms with Crippen molar-refractivity contribution in [1.29, 1.82) is 0 Å². The van der Waals surface area contributed by atoms with Crippen LogP contribution in [0.3, 0.4) is 0 Å². The Morgan fingerprint density at radius 3 is 1.87 bits per heavy atom. The van der Waals surface area contributed by atoms with E-state index in [0.717, 1.165) is 35.8 Å². The molecule has 4 rings (SSSR count). The normalized spacial score (nSPS) is 23.3. The third-order valence-electron chi connectivity index (χ3n) is 9.00. The van der Waals surface area contributed by atoms with Crippen LogP contribution in [-0.2, 0) is 4.79 Å². The van der Waals surface area contributed by atoms with E-state index in [1.807, 2.05) is 24.3 Å². The highest BCUT2D eigenvalue weighted by Crippen LogP contribution is 2.37. The summed E-state index contributed by atoms with van der Waals surface area (Å²) < 4.78 is 5.72. The van der Waals surface area contributed by atoms with Gasteiger partial charge >= 0.3 is 5.97 Å². The predicted octanol–water partition coefficient (Wildman–Crippen LogP) is 9.84. The molecule has 0 heterocycles. The Morgan fingerprint density at radius 2 is 1.26 bits per heavy atom. The number of hydrogen-bond donors (Lipinski definition) is 0. The van der Waals surface area contributed by atoms with E-state index in [9.17, 15) is 4.79 Å². The molecule has 2 aliphatic carbocycles. The Kier molecular flexibility index (Phi) is 11.4. The molecule has 0 unspecified atom stereocenters. The SMILES string of the molecule is CCCCCCC1CCC(C(=O)Oc2ccc(C#Cc3ccc(C4CCC(CCC)CC4)cc3)cc2)CC1. The van der Waals surface area contributed by atoms with Crippen molar-refractivity contribution in [1.82, 2.24) is 0 Å². The smallest absolute Gasteiger partial charge is 0.314 e. The number of hydrogen-bond acceptors (Lipinski definition) is 2. The molecule has 2 saturated carbocycles. The lowest BCUT2D eigenvalue weighted by Gasteiger charge is -2.28. The van der Waals surface area contributed by atoms with Gasteiger partial charge in [0, 0.05) is 11.1 Å². The zero-order valence-electron chi connectivity index (χ0n) is 23.9. The van der Waals surface area contributed by atoms with Crippen LogP contribution < -0.4 is 4.74 Å². The van der Waals surface area contributed by atoms with Crippen molar-refractivity contribution in [2.75, 3.05) is 0 Å². The Bertz CT molecular complexity index is 1020. The molecule has 0 spiro atoms. The highest BCUT2D eigenvalue weighted by Gasteiger charge is 2.27. The monoisotopic (exact) mass is 512 g/mol. The zero-order valence-corrected chi connectivity index (χ0v) is 23.9. The van der Waals surface area contributed by atoms with Crippen LogP contribution in [0.15, 0.2) is 48.5 Å². The predicted molar refractivity (Wildman–Crippen MR) is 158 cm³/mol. The lowest BCUT2D eigenvalue weighted by Crippen LogP contribution is -2.25. The topological polar surface area (TPSA) is 26.3 Å². The van der Waals surface area contributed by atoms with E-state index in [4.69, 9.17) is 4.74 Å². The standard InChI is InChI=1S/C36H48O2/c1-3-5-6-7-9-29-16-24-34(25-17-29)36(37)38-35-26-18-31(19-27-35)11-10-30-14-22-33(23-15-30)32-20-12-28(8-4-2)13-21-32/h14-15,18-19,22-23,26-29,32,34H,3-9,12-13,16-17,20-21,24-25H2,1-2H3. The Hall–Kier alpha value is -2.53. The summed E-state index contributed by atoms with van der Waals surface area (Å²) in [7, 11) is 0. The minimum absolute atomic E-state index is 0.0516. The summed E-state index contributed by atoms with van der Waals surface area (Å²) in [6, 6.07) is 16.5. The highest BCUT2D eigenvalue weighted by molar-refractivity contribution is 5.75. The maximum Gasteiger partial charge on any atom is 0.314 e. The van der Waals surface area contributed by atoms with E-state index < -0.39 is 0 Å². The molecule has 2 aliphatic rings. The minimum Gasteiger partial charge on any atom is -0.426 e. The van der Waals surface area contributed by atoms with E-state index in [2.05, 4.69) is 50.0 Å². The van der Waals surface area contributed by atoms with Gasteiger partial charge in [-0.15, -0.1) is 0 Å². The van der Waals surface area contributed by atoms with Gasteiger partial charge in [0.2, 0.25) is 0 Å². The van der Waals surface area contributed by atoms with Crippen molar-refractivity contribution in [3.05, 3.63) is 65.2 Å². The fraction of sp³-hybridized carbons (Fsp3) is 0.583. The van der Waals surface area contributed by atoms with Gasteiger partial charge in [0.25, 0.3) is 0 Å². The molecular formula is C36H48O2. The number of carbonyl (C=O) groups excluding carboxylic acids is 1. The summed E-state index contributed by atoms with van der Waals surface area (Å²) in [5, 5.41) is 0. The molecule has 0 amide bonds. The maximum atomic E-state index is 12.7. The van der Waals surface area contributed by atoms with Crippen LogP contribution in [-0.4, -0.2) is 5.97 Å². The molecule has 2 aromatic carbocycles. The van der Waals surface area contributed by atoms with Crippen LogP contribution in [0.1, 0.15) is 133 Å². The van der Waals surface area contributed by atoms with Gasteiger partial charge in [0.15, 0.2) is 0 Å². The fourth-order valence-corrected chi connectivity index (χ4v) is 6.53. The van der Waals surface area contributed by atoms with Crippen LogP contribution in [0.4, 0.5) is 0 Å². The number of ether oxygens (including phenoxy) is 1. The van der Waals surface area contributed by atoms with E-state index in [1.165, 1.54) is 89.0 Å². The summed E-state index contributed by atoms with van der Waals surface area (Å²) >= 11 is 0. The minimum atomic E-state index is -0.0628. The van der Waals surface area contributed by atoms with Crippen molar-refractivity contribution in [2.24, 2.45) is 17.8 Å². The lowest BCUT2D eigenvalue weighted by atomic mass is 9.77. The van der Waals surface area contributed by atoms with Crippen LogP contribution in [0.25, 0.3) is 0 Å². The molecule has 204 valence electrons. The Labute approximate surface area is 232 Å². The van der Waals surface area contributed by atoms with Crippen LogP contribution in [0.5, 0.6) is 5.75 Å². The summed E-state index contributed by atoms with van der Waals surface area (Å²) in [5.41, 5.74) is 3.45. The fourth-order valence-electron chi connectivity index (χ4n) is 6.53. The zero-order chi connectivity index (χ0) is 26.6. The van der Waals surface area contributed by atoms with Crippen molar-refractivity contribution in [2.45, 2.75) is 116 Å². The molecule has 0 saturated heterocycles. The molecule has 0 N–H and O–H groups in total. The molecule has 2 fully saturated rings. The van der Waals surface area contributed by atoms with Gasteiger partial charge in [-0.3, -0.25) is 4.79 Å². The average Bonchev–Trinajstić information content (AvgIpc) is 2.96. The average molecular weight is 513 g/mol. The second kappa shape index (κ2) is 15.2. The first-order valence-corrected chi connectivity index (χ1v) is 15.6. The van der Waals surface area contributed by atoms with Crippen LogP contribution in [0, 0.1) is 29.6 Å². The Balaban J connectivity index is 1.21. The number of carbonyl (C=O) groups is 1. The lowest BCUT2D eigenvalue weighted by molar-refractivity contribution is -0.140. The summed E-state index contributed by atoms with van der Waals surface area (Å²) in [5.74, 6) is 9.63.